The minimum atomic E-state index is -3.80. The van der Waals surface area contributed by atoms with Crippen molar-refractivity contribution in [3.05, 3.63) is 59.4 Å². The molecule has 8 heteroatoms. The zero-order chi connectivity index (χ0) is 20.7. The van der Waals surface area contributed by atoms with Gasteiger partial charge in [0, 0.05) is 13.1 Å². The summed E-state index contributed by atoms with van der Waals surface area (Å²) < 4.78 is 50.8. The summed E-state index contributed by atoms with van der Waals surface area (Å²) in [7, 11) is -3.80. The highest BCUT2D eigenvalue weighted by Gasteiger charge is 2.24. The number of sulfonamides is 1. The van der Waals surface area contributed by atoms with E-state index in [-0.39, 0.29) is 31.2 Å². The summed E-state index contributed by atoms with van der Waals surface area (Å²) in [4.78, 5) is 12.0. The summed E-state index contributed by atoms with van der Waals surface area (Å²) in [5.41, 5.74) is 0.664. The van der Waals surface area contributed by atoms with Gasteiger partial charge in [-0.05, 0) is 37.3 Å². The molecule has 0 radical (unpaired) electrons. The van der Waals surface area contributed by atoms with Crippen LogP contribution in [-0.4, -0.2) is 45.0 Å². The van der Waals surface area contributed by atoms with Crippen molar-refractivity contribution in [1.82, 2.24) is 4.31 Å². The zero-order valence-electron chi connectivity index (χ0n) is 16.1. The van der Waals surface area contributed by atoms with Gasteiger partial charge in [0.25, 0.3) is 0 Å². The first-order valence-electron chi connectivity index (χ1n) is 8.95. The van der Waals surface area contributed by atoms with Crippen molar-refractivity contribution in [3.8, 4) is 5.75 Å². The van der Waals surface area contributed by atoms with Crippen molar-refractivity contribution in [2.45, 2.75) is 25.7 Å². The predicted octanol–water partition coefficient (Wildman–Crippen LogP) is 3.40. The van der Waals surface area contributed by atoms with Crippen LogP contribution in [-0.2, 0) is 14.8 Å². The summed E-state index contributed by atoms with van der Waals surface area (Å²) >= 11 is 0. The first-order chi connectivity index (χ1) is 13.3. The predicted molar refractivity (Wildman–Crippen MR) is 103 cm³/mol. The van der Waals surface area contributed by atoms with E-state index in [0.717, 1.165) is 23.8 Å². The molecule has 0 atom stereocenters. The fourth-order valence-electron chi connectivity index (χ4n) is 2.54. The molecule has 2 aromatic carbocycles. The van der Waals surface area contributed by atoms with Crippen LogP contribution in [0.2, 0.25) is 0 Å². The van der Waals surface area contributed by atoms with Crippen LogP contribution in [0.3, 0.4) is 0 Å². The highest BCUT2D eigenvalue weighted by Crippen LogP contribution is 2.20. The Morgan fingerprint density at radius 3 is 2.29 bits per heavy atom. The first-order valence-corrected chi connectivity index (χ1v) is 10.4. The second-order valence-electron chi connectivity index (χ2n) is 6.03. The van der Waals surface area contributed by atoms with Gasteiger partial charge >= 0.3 is 5.97 Å². The molecule has 0 saturated carbocycles. The van der Waals surface area contributed by atoms with Gasteiger partial charge in [0.2, 0.25) is 10.0 Å². The molecule has 0 aliphatic carbocycles. The number of ether oxygens (including phenoxy) is 2. The Morgan fingerprint density at radius 2 is 1.68 bits per heavy atom. The number of nitrogens with zero attached hydrogens (tertiary/aromatic N) is 1. The molecule has 0 fully saturated rings. The lowest BCUT2D eigenvalue weighted by Gasteiger charge is -2.18. The van der Waals surface area contributed by atoms with Crippen molar-refractivity contribution in [2.75, 3.05) is 26.3 Å². The van der Waals surface area contributed by atoms with E-state index < -0.39 is 27.4 Å². The van der Waals surface area contributed by atoms with Crippen LogP contribution in [0.1, 0.15) is 29.8 Å². The molecule has 6 nitrogen and oxygen atoms in total. The van der Waals surface area contributed by atoms with Crippen molar-refractivity contribution in [3.63, 3.8) is 0 Å². The maximum absolute atomic E-state index is 14.0. The van der Waals surface area contributed by atoms with E-state index in [9.17, 15) is 17.6 Å². The van der Waals surface area contributed by atoms with Crippen LogP contribution in [0.25, 0.3) is 0 Å². The third-order valence-electron chi connectivity index (χ3n) is 4.11. The number of rotatable bonds is 9. The van der Waals surface area contributed by atoms with Crippen LogP contribution in [0.15, 0.2) is 47.4 Å². The number of hydrogen-bond donors (Lipinski definition) is 0. The van der Waals surface area contributed by atoms with Gasteiger partial charge in [-0.3, -0.25) is 0 Å². The number of carbonyl (C=O) groups excluding carboxylic acids is 1. The summed E-state index contributed by atoms with van der Waals surface area (Å²) in [5.74, 6) is -1.16. The monoisotopic (exact) mass is 409 g/mol. The molecule has 0 amide bonds. The Morgan fingerprint density at radius 1 is 1.04 bits per heavy atom. The molecular weight excluding hydrogens is 385 g/mol. The Bertz CT molecular complexity index is 909. The Hall–Kier alpha value is -2.45. The number of carbonyl (C=O) groups is 1. The summed E-state index contributed by atoms with van der Waals surface area (Å²) in [6, 6.07) is 10.5. The van der Waals surface area contributed by atoms with Gasteiger partial charge in [-0.2, -0.15) is 4.31 Å². The third-order valence-corrected chi connectivity index (χ3v) is 6.15. The molecule has 0 aliphatic rings. The van der Waals surface area contributed by atoms with Crippen LogP contribution in [0.5, 0.6) is 5.75 Å². The van der Waals surface area contributed by atoms with E-state index in [4.69, 9.17) is 9.47 Å². The summed E-state index contributed by atoms with van der Waals surface area (Å²) in [5, 5.41) is 0. The number of esters is 1. The molecule has 0 bridgehead atoms. The number of halogens is 1. The Balaban J connectivity index is 2.03. The first kappa shape index (κ1) is 21.8. The minimum absolute atomic E-state index is 0.0911. The largest absolute Gasteiger partial charge is 0.490 e. The highest BCUT2D eigenvalue weighted by molar-refractivity contribution is 7.89. The van der Waals surface area contributed by atoms with E-state index in [0.29, 0.717) is 5.75 Å². The molecule has 0 aromatic heterocycles. The van der Waals surface area contributed by atoms with Crippen molar-refractivity contribution < 1.29 is 27.1 Å². The van der Waals surface area contributed by atoms with E-state index in [1.165, 1.54) is 4.31 Å². The Labute approximate surface area is 164 Å². The zero-order valence-corrected chi connectivity index (χ0v) is 17.0. The van der Waals surface area contributed by atoms with Gasteiger partial charge in [0.05, 0.1) is 10.5 Å². The SMILES string of the molecule is CCN(CC)S(=O)(=O)c1ccc(F)c(C(=O)OCCOc2ccc(C)cc2)c1. The molecule has 0 spiro atoms. The molecule has 0 aliphatic heterocycles. The minimum Gasteiger partial charge on any atom is -0.490 e. The average Bonchev–Trinajstić information content (AvgIpc) is 2.67. The number of aryl methyl sites for hydroxylation is 1. The molecule has 152 valence electrons. The molecular formula is C20H24FNO5S. The lowest BCUT2D eigenvalue weighted by molar-refractivity contribution is 0.0445. The second kappa shape index (κ2) is 9.66. The van der Waals surface area contributed by atoms with E-state index in [1.54, 1.807) is 26.0 Å². The van der Waals surface area contributed by atoms with Crippen molar-refractivity contribution >= 4 is 16.0 Å². The lowest BCUT2D eigenvalue weighted by Crippen LogP contribution is -2.30. The quantitative estimate of drug-likeness (QED) is 0.469. The molecule has 2 aromatic rings. The normalized spacial score (nSPS) is 11.5. The molecule has 0 unspecified atom stereocenters. The molecule has 2 rings (SSSR count). The van der Waals surface area contributed by atoms with E-state index in [2.05, 4.69) is 0 Å². The van der Waals surface area contributed by atoms with Gasteiger partial charge in [0.15, 0.2) is 0 Å². The number of benzene rings is 2. The van der Waals surface area contributed by atoms with Gasteiger partial charge in [0.1, 0.15) is 24.8 Å². The summed E-state index contributed by atoms with van der Waals surface area (Å²) in [6.07, 6.45) is 0. The smallest absolute Gasteiger partial charge is 0.341 e. The van der Waals surface area contributed by atoms with E-state index >= 15 is 0 Å². The topological polar surface area (TPSA) is 72.9 Å². The molecule has 0 heterocycles. The van der Waals surface area contributed by atoms with Gasteiger partial charge < -0.3 is 9.47 Å². The third kappa shape index (κ3) is 5.30. The Kier molecular flexibility index (Phi) is 7.53. The van der Waals surface area contributed by atoms with Crippen LogP contribution < -0.4 is 4.74 Å². The summed E-state index contributed by atoms with van der Waals surface area (Å²) in [6.45, 7) is 5.89. The molecule has 0 saturated heterocycles. The maximum atomic E-state index is 14.0. The fourth-order valence-corrected chi connectivity index (χ4v) is 4.02. The van der Waals surface area contributed by atoms with Crippen LogP contribution in [0.4, 0.5) is 4.39 Å². The van der Waals surface area contributed by atoms with Crippen LogP contribution in [0, 0.1) is 12.7 Å². The highest BCUT2D eigenvalue weighted by atomic mass is 32.2. The molecule has 0 N–H and O–H groups in total. The average molecular weight is 409 g/mol. The standard InChI is InChI=1S/C20H24FNO5S/c1-4-22(5-2)28(24,25)17-10-11-19(21)18(14-17)20(23)27-13-12-26-16-8-6-15(3)7-9-16/h6-11,14H,4-5,12-13H2,1-3H3. The van der Waals surface area contributed by atoms with Gasteiger partial charge in [-0.1, -0.05) is 31.5 Å². The molecule has 28 heavy (non-hydrogen) atoms. The van der Waals surface area contributed by atoms with Crippen molar-refractivity contribution in [1.29, 1.82) is 0 Å². The van der Waals surface area contributed by atoms with Gasteiger partial charge in [-0.15, -0.1) is 0 Å². The van der Waals surface area contributed by atoms with E-state index in [1.807, 2.05) is 19.1 Å². The second-order valence-corrected chi connectivity index (χ2v) is 7.97. The van der Waals surface area contributed by atoms with Crippen molar-refractivity contribution in [2.24, 2.45) is 0 Å². The van der Waals surface area contributed by atoms with Crippen LogP contribution >= 0.6 is 0 Å². The number of hydrogen-bond acceptors (Lipinski definition) is 5. The fraction of sp³-hybridized carbons (Fsp3) is 0.350. The van der Waals surface area contributed by atoms with Gasteiger partial charge in [-0.25, -0.2) is 17.6 Å². The lowest BCUT2D eigenvalue weighted by atomic mass is 10.2. The maximum Gasteiger partial charge on any atom is 0.341 e.